The molecule has 2 rings (SSSR count). The highest BCUT2D eigenvalue weighted by molar-refractivity contribution is 9.10. The van der Waals surface area contributed by atoms with Crippen LogP contribution >= 0.6 is 27.5 Å². The Morgan fingerprint density at radius 3 is 2.95 bits per heavy atom. The van der Waals surface area contributed by atoms with Gasteiger partial charge in [-0.05, 0) is 41.1 Å². The maximum Gasteiger partial charge on any atom is 0.139 e. The van der Waals surface area contributed by atoms with Crippen LogP contribution in [0, 0.1) is 0 Å². The molecule has 0 aliphatic heterocycles. The molecular formula is C13H13BrClN3O. The van der Waals surface area contributed by atoms with Gasteiger partial charge < -0.3 is 10.1 Å². The molecule has 0 fully saturated rings. The summed E-state index contributed by atoms with van der Waals surface area (Å²) in [6.07, 6.45) is 3.34. The fourth-order valence-corrected chi connectivity index (χ4v) is 1.99. The normalized spacial score (nSPS) is 10.3. The Hall–Kier alpha value is -1.33. The standard InChI is InChI=1S/C13H13BrClN3O/c1-2-17-13-4-3-11(15)12(18-13)8-19-10-5-9(14)6-16-7-10/h3-7H,2,8H2,1H3,(H,17,18). The second-order valence-corrected chi connectivity index (χ2v) is 5.11. The summed E-state index contributed by atoms with van der Waals surface area (Å²) in [4.78, 5) is 8.43. The predicted molar refractivity (Wildman–Crippen MR) is 79.7 cm³/mol. The highest BCUT2D eigenvalue weighted by atomic mass is 79.9. The molecule has 1 N–H and O–H groups in total. The van der Waals surface area contributed by atoms with Crippen molar-refractivity contribution in [3.8, 4) is 5.75 Å². The lowest BCUT2D eigenvalue weighted by Gasteiger charge is -2.09. The van der Waals surface area contributed by atoms with E-state index in [2.05, 4.69) is 31.2 Å². The Labute approximate surface area is 125 Å². The van der Waals surface area contributed by atoms with E-state index >= 15 is 0 Å². The van der Waals surface area contributed by atoms with E-state index in [0.29, 0.717) is 23.1 Å². The lowest BCUT2D eigenvalue weighted by Crippen LogP contribution is -2.04. The molecule has 0 unspecified atom stereocenters. The summed E-state index contributed by atoms with van der Waals surface area (Å²) >= 11 is 9.44. The number of aromatic nitrogens is 2. The van der Waals surface area contributed by atoms with Crippen molar-refractivity contribution >= 4 is 33.3 Å². The molecule has 19 heavy (non-hydrogen) atoms. The van der Waals surface area contributed by atoms with Crippen molar-refractivity contribution in [2.45, 2.75) is 13.5 Å². The second-order valence-electron chi connectivity index (χ2n) is 3.78. The number of hydrogen-bond donors (Lipinski definition) is 1. The van der Waals surface area contributed by atoms with E-state index < -0.39 is 0 Å². The highest BCUT2D eigenvalue weighted by Crippen LogP contribution is 2.20. The van der Waals surface area contributed by atoms with E-state index in [9.17, 15) is 0 Å². The molecule has 0 atom stereocenters. The van der Waals surface area contributed by atoms with Crippen molar-refractivity contribution in [1.29, 1.82) is 0 Å². The average Bonchev–Trinajstić information content (AvgIpc) is 2.40. The van der Waals surface area contributed by atoms with Crippen molar-refractivity contribution < 1.29 is 4.74 Å². The van der Waals surface area contributed by atoms with Crippen LogP contribution in [-0.2, 0) is 6.61 Å². The van der Waals surface area contributed by atoms with Crippen LogP contribution in [0.15, 0.2) is 35.1 Å². The number of nitrogens with zero attached hydrogens (tertiary/aromatic N) is 2. The van der Waals surface area contributed by atoms with Gasteiger partial charge >= 0.3 is 0 Å². The van der Waals surface area contributed by atoms with Crippen LogP contribution in [0.25, 0.3) is 0 Å². The molecule has 100 valence electrons. The van der Waals surface area contributed by atoms with Gasteiger partial charge in [-0.25, -0.2) is 4.98 Å². The van der Waals surface area contributed by atoms with Crippen LogP contribution in [0.1, 0.15) is 12.6 Å². The first-order valence-corrected chi connectivity index (χ1v) is 6.98. The molecule has 0 radical (unpaired) electrons. The van der Waals surface area contributed by atoms with Gasteiger partial charge in [-0.2, -0.15) is 0 Å². The van der Waals surface area contributed by atoms with Gasteiger partial charge in [-0.3, -0.25) is 4.98 Å². The molecule has 0 spiro atoms. The van der Waals surface area contributed by atoms with Crippen LogP contribution in [0.5, 0.6) is 5.75 Å². The van der Waals surface area contributed by atoms with Crippen LogP contribution < -0.4 is 10.1 Å². The first-order valence-electron chi connectivity index (χ1n) is 5.81. The van der Waals surface area contributed by atoms with Crippen molar-refractivity contribution in [3.63, 3.8) is 0 Å². The van der Waals surface area contributed by atoms with Crippen LogP contribution in [0.2, 0.25) is 5.02 Å². The number of hydrogen-bond acceptors (Lipinski definition) is 4. The molecular weight excluding hydrogens is 330 g/mol. The largest absolute Gasteiger partial charge is 0.486 e. The van der Waals surface area contributed by atoms with E-state index in [4.69, 9.17) is 16.3 Å². The van der Waals surface area contributed by atoms with Gasteiger partial charge in [0.15, 0.2) is 0 Å². The van der Waals surface area contributed by atoms with E-state index in [-0.39, 0.29) is 0 Å². The monoisotopic (exact) mass is 341 g/mol. The summed E-state index contributed by atoms with van der Waals surface area (Å²) in [5.74, 6) is 1.46. The SMILES string of the molecule is CCNc1ccc(Cl)c(COc2cncc(Br)c2)n1. The highest BCUT2D eigenvalue weighted by Gasteiger charge is 2.05. The minimum atomic E-state index is 0.302. The minimum Gasteiger partial charge on any atom is -0.486 e. The third kappa shape index (κ3) is 4.08. The van der Waals surface area contributed by atoms with Gasteiger partial charge in [0.25, 0.3) is 0 Å². The van der Waals surface area contributed by atoms with Gasteiger partial charge in [-0.1, -0.05) is 11.6 Å². The van der Waals surface area contributed by atoms with E-state index in [1.807, 2.05) is 25.1 Å². The van der Waals surface area contributed by atoms with Gasteiger partial charge in [0.1, 0.15) is 18.2 Å². The predicted octanol–water partition coefficient (Wildman–Crippen LogP) is 3.90. The second kappa shape index (κ2) is 6.73. The minimum absolute atomic E-state index is 0.302. The Bertz CT molecular complexity index is 565. The molecule has 4 nitrogen and oxygen atoms in total. The Kier molecular flexibility index (Phi) is 4.99. The molecule has 2 aromatic rings. The average molecular weight is 343 g/mol. The quantitative estimate of drug-likeness (QED) is 0.895. The number of halogens is 2. The number of anilines is 1. The molecule has 0 bridgehead atoms. The Morgan fingerprint density at radius 1 is 1.37 bits per heavy atom. The topological polar surface area (TPSA) is 47.0 Å². The lowest BCUT2D eigenvalue weighted by atomic mass is 10.3. The zero-order valence-electron chi connectivity index (χ0n) is 10.4. The summed E-state index contributed by atoms with van der Waals surface area (Å²) in [5, 5.41) is 3.72. The maximum atomic E-state index is 6.10. The van der Waals surface area contributed by atoms with E-state index in [1.165, 1.54) is 0 Å². The summed E-state index contributed by atoms with van der Waals surface area (Å²) in [6, 6.07) is 5.50. The molecule has 0 aliphatic rings. The summed E-state index contributed by atoms with van der Waals surface area (Å²) in [7, 11) is 0. The molecule has 0 amide bonds. The van der Waals surface area contributed by atoms with Gasteiger partial charge in [0.2, 0.25) is 0 Å². The van der Waals surface area contributed by atoms with Crippen molar-refractivity contribution in [2.75, 3.05) is 11.9 Å². The van der Waals surface area contributed by atoms with Crippen molar-refractivity contribution in [1.82, 2.24) is 9.97 Å². The number of pyridine rings is 2. The van der Waals surface area contributed by atoms with Gasteiger partial charge in [-0.15, -0.1) is 0 Å². The molecule has 2 aromatic heterocycles. The van der Waals surface area contributed by atoms with Crippen LogP contribution in [-0.4, -0.2) is 16.5 Å². The maximum absolute atomic E-state index is 6.10. The van der Waals surface area contributed by atoms with Crippen LogP contribution in [0.3, 0.4) is 0 Å². The van der Waals surface area contributed by atoms with E-state index in [1.54, 1.807) is 12.4 Å². The lowest BCUT2D eigenvalue weighted by molar-refractivity contribution is 0.300. The number of ether oxygens (including phenoxy) is 1. The fourth-order valence-electron chi connectivity index (χ4n) is 1.49. The fraction of sp³-hybridized carbons (Fsp3) is 0.231. The smallest absolute Gasteiger partial charge is 0.139 e. The van der Waals surface area contributed by atoms with Gasteiger partial charge in [0, 0.05) is 17.2 Å². The summed E-state index contributed by atoms with van der Waals surface area (Å²) < 4.78 is 6.49. The zero-order valence-corrected chi connectivity index (χ0v) is 12.7. The Balaban J connectivity index is 2.08. The molecule has 0 aromatic carbocycles. The number of nitrogens with one attached hydrogen (secondary N) is 1. The molecule has 0 saturated carbocycles. The molecule has 0 saturated heterocycles. The zero-order chi connectivity index (χ0) is 13.7. The third-order valence-electron chi connectivity index (χ3n) is 2.33. The molecule has 6 heteroatoms. The molecule has 2 heterocycles. The summed E-state index contributed by atoms with van der Waals surface area (Å²) in [6.45, 7) is 3.13. The Morgan fingerprint density at radius 2 is 2.21 bits per heavy atom. The summed E-state index contributed by atoms with van der Waals surface area (Å²) in [5.41, 5.74) is 0.695. The van der Waals surface area contributed by atoms with Crippen molar-refractivity contribution in [2.24, 2.45) is 0 Å². The van der Waals surface area contributed by atoms with Crippen LogP contribution in [0.4, 0.5) is 5.82 Å². The third-order valence-corrected chi connectivity index (χ3v) is 3.11. The molecule has 0 aliphatic carbocycles. The first-order chi connectivity index (χ1) is 9.19. The van der Waals surface area contributed by atoms with E-state index in [0.717, 1.165) is 16.8 Å². The van der Waals surface area contributed by atoms with Crippen molar-refractivity contribution in [3.05, 3.63) is 45.8 Å². The number of rotatable bonds is 5. The first kappa shape index (κ1) is 14.1. The van der Waals surface area contributed by atoms with Gasteiger partial charge in [0.05, 0.1) is 16.9 Å².